The first kappa shape index (κ1) is 11.9. The Balaban J connectivity index is 1.92. The number of nitrogens with one attached hydrogen (secondary N) is 1. The van der Waals surface area contributed by atoms with Crippen molar-refractivity contribution in [1.29, 1.82) is 0 Å². The molecule has 2 aromatic rings. The molecule has 88 valence electrons. The number of pyridine rings is 1. The zero-order valence-electron chi connectivity index (χ0n) is 9.73. The third kappa shape index (κ3) is 3.46. The van der Waals surface area contributed by atoms with Crippen molar-refractivity contribution >= 4 is 17.3 Å². The fraction of sp³-hybridized carbons (Fsp3) is 0.214. The van der Waals surface area contributed by atoms with Gasteiger partial charge in [0, 0.05) is 6.54 Å². The van der Waals surface area contributed by atoms with Crippen molar-refractivity contribution in [1.82, 2.24) is 4.98 Å². The molecule has 0 spiro atoms. The molecule has 0 saturated carbocycles. The Morgan fingerprint density at radius 3 is 2.59 bits per heavy atom. The van der Waals surface area contributed by atoms with E-state index in [1.165, 1.54) is 5.56 Å². The predicted molar refractivity (Wildman–Crippen MR) is 72.6 cm³/mol. The van der Waals surface area contributed by atoms with E-state index in [0.717, 1.165) is 12.2 Å². The van der Waals surface area contributed by atoms with Gasteiger partial charge < -0.3 is 5.32 Å². The van der Waals surface area contributed by atoms with Crippen LogP contribution in [0.15, 0.2) is 48.7 Å². The van der Waals surface area contributed by atoms with E-state index in [1.807, 2.05) is 12.1 Å². The molecule has 1 N–H and O–H groups in total. The summed E-state index contributed by atoms with van der Waals surface area (Å²) in [5.74, 6) is 0.465. The van der Waals surface area contributed by atoms with Crippen molar-refractivity contribution < 1.29 is 0 Å². The Morgan fingerprint density at radius 2 is 1.94 bits per heavy atom. The molecule has 0 fully saturated rings. The van der Waals surface area contributed by atoms with Gasteiger partial charge in [-0.2, -0.15) is 0 Å². The molecular weight excluding hydrogens is 232 g/mol. The van der Waals surface area contributed by atoms with Crippen LogP contribution in [0.3, 0.4) is 0 Å². The molecule has 1 heterocycles. The number of anilines is 1. The monoisotopic (exact) mass is 246 g/mol. The molecule has 0 bridgehead atoms. The highest BCUT2D eigenvalue weighted by atomic mass is 35.5. The number of hydrogen-bond donors (Lipinski definition) is 1. The zero-order valence-corrected chi connectivity index (χ0v) is 10.5. The molecule has 1 aromatic heterocycles. The first-order chi connectivity index (χ1) is 8.25. The van der Waals surface area contributed by atoms with Gasteiger partial charge >= 0.3 is 0 Å². The molecule has 1 unspecified atom stereocenters. The van der Waals surface area contributed by atoms with Gasteiger partial charge in [0.25, 0.3) is 0 Å². The molecule has 17 heavy (non-hydrogen) atoms. The molecule has 2 rings (SSSR count). The largest absolute Gasteiger partial charge is 0.383 e. The fourth-order valence-electron chi connectivity index (χ4n) is 1.65. The number of benzene rings is 1. The first-order valence-electron chi connectivity index (χ1n) is 5.66. The minimum Gasteiger partial charge on any atom is -0.383 e. The Hall–Kier alpha value is -1.54. The van der Waals surface area contributed by atoms with Crippen LogP contribution in [-0.4, -0.2) is 11.5 Å². The SMILES string of the molecule is CC(CNc1ccc(Cl)nc1)c1ccccc1. The lowest BCUT2D eigenvalue weighted by Gasteiger charge is -2.13. The van der Waals surface area contributed by atoms with E-state index < -0.39 is 0 Å². The van der Waals surface area contributed by atoms with E-state index in [9.17, 15) is 0 Å². The van der Waals surface area contributed by atoms with Crippen LogP contribution in [0.1, 0.15) is 18.4 Å². The Bertz CT molecular complexity index is 453. The average molecular weight is 247 g/mol. The lowest BCUT2D eigenvalue weighted by molar-refractivity contribution is 0.804. The minimum atomic E-state index is 0.465. The number of halogens is 1. The highest BCUT2D eigenvalue weighted by Crippen LogP contribution is 2.16. The zero-order chi connectivity index (χ0) is 12.1. The second-order valence-corrected chi connectivity index (χ2v) is 4.45. The molecule has 1 atom stereocenters. The van der Waals surface area contributed by atoms with Gasteiger partial charge in [0.2, 0.25) is 0 Å². The topological polar surface area (TPSA) is 24.9 Å². The molecule has 0 aliphatic heterocycles. The van der Waals surface area contributed by atoms with E-state index >= 15 is 0 Å². The van der Waals surface area contributed by atoms with Crippen LogP contribution in [0.4, 0.5) is 5.69 Å². The van der Waals surface area contributed by atoms with Crippen molar-refractivity contribution in [3.63, 3.8) is 0 Å². The number of hydrogen-bond acceptors (Lipinski definition) is 2. The average Bonchev–Trinajstić information content (AvgIpc) is 2.39. The summed E-state index contributed by atoms with van der Waals surface area (Å²) in [6.07, 6.45) is 1.75. The van der Waals surface area contributed by atoms with E-state index in [2.05, 4.69) is 41.5 Å². The summed E-state index contributed by atoms with van der Waals surface area (Å²) >= 11 is 5.73. The Morgan fingerprint density at radius 1 is 1.18 bits per heavy atom. The van der Waals surface area contributed by atoms with Crippen LogP contribution < -0.4 is 5.32 Å². The molecule has 2 nitrogen and oxygen atoms in total. The summed E-state index contributed by atoms with van der Waals surface area (Å²) in [7, 11) is 0. The maximum absolute atomic E-state index is 5.73. The minimum absolute atomic E-state index is 0.465. The first-order valence-corrected chi connectivity index (χ1v) is 6.04. The van der Waals surface area contributed by atoms with Crippen LogP contribution in [-0.2, 0) is 0 Å². The molecule has 0 radical (unpaired) electrons. The Labute approximate surface area is 107 Å². The quantitative estimate of drug-likeness (QED) is 0.827. The molecular formula is C14H15ClN2. The predicted octanol–water partition coefficient (Wildman–Crippen LogP) is 3.95. The summed E-state index contributed by atoms with van der Waals surface area (Å²) in [5.41, 5.74) is 2.33. The smallest absolute Gasteiger partial charge is 0.129 e. The maximum Gasteiger partial charge on any atom is 0.129 e. The highest BCUT2D eigenvalue weighted by molar-refractivity contribution is 6.29. The van der Waals surface area contributed by atoms with Crippen LogP contribution in [0.25, 0.3) is 0 Å². The van der Waals surface area contributed by atoms with Crippen molar-refractivity contribution in [3.05, 3.63) is 59.4 Å². The van der Waals surface area contributed by atoms with Gasteiger partial charge in [0.1, 0.15) is 5.15 Å². The summed E-state index contributed by atoms with van der Waals surface area (Å²) < 4.78 is 0. The summed E-state index contributed by atoms with van der Waals surface area (Å²) in [5, 5.41) is 3.87. The third-order valence-corrected chi connectivity index (χ3v) is 2.93. The van der Waals surface area contributed by atoms with Crippen LogP contribution in [0, 0.1) is 0 Å². The van der Waals surface area contributed by atoms with Crippen LogP contribution >= 0.6 is 11.6 Å². The van der Waals surface area contributed by atoms with Crippen LogP contribution in [0.5, 0.6) is 0 Å². The second kappa shape index (κ2) is 5.69. The standard InChI is InChI=1S/C14H15ClN2/c1-11(12-5-3-2-4-6-12)9-16-13-7-8-14(15)17-10-13/h2-8,10-11,16H,9H2,1H3. The number of rotatable bonds is 4. The summed E-state index contributed by atoms with van der Waals surface area (Å²) in [4.78, 5) is 4.03. The van der Waals surface area contributed by atoms with Gasteiger partial charge in [0.05, 0.1) is 11.9 Å². The van der Waals surface area contributed by atoms with E-state index in [1.54, 1.807) is 12.3 Å². The van der Waals surface area contributed by atoms with Gasteiger partial charge in [0.15, 0.2) is 0 Å². The number of aromatic nitrogens is 1. The van der Waals surface area contributed by atoms with Gasteiger partial charge in [-0.3, -0.25) is 0 Å². The van der Waals surface area contributed by atoms with Gasteiger partial charge in [-0.15, -0.1) is 0 Å². The molecule has 0 aliphatic rings. The van der Waals surface area contributed by atoms with Gasteiger partial charge in [-0.1, -0.05) is 48.9 Å². The van der Waals surface area contributed by atoms with Gasteiger partial charge in [-0.05, 0) is 23.6 Å². The van der Waals surface area contributed by atoms with Crippen molar-refractivity contribution in [2.24, 2.45) is 0 Å². The second-order valence-electron chi connectivity index (χ2n) is 4.06. The normalized spacial score (nSPS) is 12.1. The number of nitrogens with zero attached hydrogens (tertiary/aromatic N) is 1. The maximum atomic E-state index is 5.73. The lowest BCUT2D eigenvalue weighted by Crippen LogP contribution is -2.09. The van der Waals surface area contributed by atoms with E-state index in [0.29, 0.717) is 11.1 Å². The third-order valence-electron chi connectivity index (χ3n) is 2.71. The lowest BCUT2D eigenvalue weighted by atomic mass is 10.0. The summed E-state index contributed by atoms with van der Waals surface area (Å²) in [6, 6.07) is 14.2. The molecule has 0 amide bonds. The van der Waals surface area contributed by atoms with E-state index in [-0.39, 0.29) is 0 Å². The van der Waals surface area contributed by atoms with Gasteiger partial charge in [-0.25, -0.2) is 4.98 Å². The summed E-state index contributed by atoms with van der Waals surface area (Å²) in [6.45, 7) is 3.08. The van der Waals surface area contributed by atoms with Crippen molar-refractivity contribution in [2.75, 3.05) is 11.9 Å². The van der Waals surface area contributed by atoms with Crippen LogP contribution in [0.2, 0.25) is 5.15 Å². The molecule has 3 heteroatoms. The molecule has 0 saturated heterocycles. The van der Waals surface area contributed by atoms with Crippen molar-refractivity contribution in [3.8, 4) is 0 Å². The van der Waals surface area contributed by atoms with E-state index in [4.69, 9.17) is 11.6 Å². The van der Waals surface area contributed by atoms with Crippen molar-refractivity contribution in [2.45, 2.75) is 12.8 Å². The fourth-order valence-corrected chi connectivity index (χ4v) is 1.76. The highest BCUT2D eigenvalue weighted by Gasteiger charge is 2.04. The molecule has 1 aromatic carbocycles. The Kier molecular flexibility index (Phi) is 3.99. The molecule has 0 aliphatic carbocycles.